The Morgan fingerprint density at radius 2 is 0.706 bits per heavy atom. The van der Waals surface area contributed by atoms with Crippen LogP contribution in [0.1, 0.15) is 278 Å². The number of carbonyl (C=O) groups excluding carboxylic acids is 1. The van der Waals surface area contributed by atoms with Gasteiger partial charge in [-0.1, -0.05) is 239 Å². The van der Waals surface area contributed by atoms with Gasteiger partial charge in [-0.25, -0.2) is 9.79 Å². The second kappa shape index (κ2) is 37.4. The topological polar surface area (TPSA) is 29.4 Å². The van der Waals surface area contributed by atoms with Gasteiger partial charge in [-0.15, -0.1) is 0 Å². The number of quaternary nitrogens is 1. The largest absolute Gasteiger partial charge is 0.324 e. The highest BCUT2D eigenvalue weighted by molar-refractivity contribution is 5.90. The van der Waals surface area contributed by atoms with Gasteiger partial charge >= 0.3 is 5.91 Å². The van der Waals surface area contributed by atoms with Crippen molar-refractivity contribution in [1.82, 2.24) is 0 Å². The quantitative estimate of drug-likeness (QED) is 0.0458. The average molecular weight is 714 g/mol. The molecule has 0 saturated heterocycles. The molecule has 1 atom stereocenters. The van der Waals surface area contributed by atoms with Crippen LogP contribution >= 0.6 is 0 Å². The Balaban J connectivity index is 2.37. The van der Waals surface area contributed by atoms with Gasteiger partial charge in [-0.05, 0) is 25.7 Å². The molecule has 1 amide bonds. The van der Waals surface area contributed by atoms with Crippen LogP contribution in [0.4, 0.5) is 0 Å². The van der Waals surface area contributed by atoms with Crippen LogP contribution in [0.5, 0.6) is 0 Å². The molecule has 3 heteroatoms. The van der Waals surface area contributed by atoms with Crippen LogP contribution in [-0.4, -0.2) is 22.8 Å². The van der Waals surface area contributed by atoms with Gasteiger partial charge < -0.3 is 0 Å². The Bertz CT molecular complexity index is 803. The van der Waals surface area contributed by atoms with Crippen molar-refractivity contribution in [2.75, 3.05) is 6.54 Å². The number of carbonyl (C=O) groups is 1. The van der Waals surface area contributed by atoms with Gasteiger partial charge in [-0.3, -0.25) is 0 Å². The first kappa shape index (κ1) is 48.1. The normalized spacial score (nSPS) is 15.6. The zero-order chi connectivity index (χ0) is 36.8. The van der Waals surface area contributed by atoms with E-state index >= 15 is 0 Å². The van der Waals surface area contributed by atoms with Crippen molar-refractivity contribution in [1.29, 1.82) is 0 Å². The van der Waals surface area contributed by atoms with E-state index in [-0.39, 0.29) is 0 Å². The molecule has 300 valence electrons. The Hall–Kier alpha value is -0.960. The Morgan fingerprint density at radius 3 is 1.06 bits per heavy atom. The predicted molar refractivity (Wildman–Crippen MR) is 228 cm³/mol. The molecule has 1 aliphatic heterocycles. The molecule has 0 spiro atoms. The van der Waals surface area contributed by atoms with Gasteiger partial charge in [0.15, 0.2) is 0 Å². The highest BCUT2D eigenvalue weighted by Gasteiger charge is 2.41. The van der Waals surface area contributed by atoms with E-state index in [1.165, 1.54) is 231 Å². The maximum Gasteiger partial charge on any atom is 0.324 e. The van der Waals surface area contributed by atoms with E-state index in [0.717, 1.165) is 38.1 Å². The van der Waals surface area contributed by atoms with E-state index < -0.39 is 0 Å². The number of hydrogen-bond acceptors (Lipinski definition) is 2. The Labute approximate surface area is 321 Å². The van der Waals surface area contributed by atoms with Crippen LogP contribution in [0.3, 0.4) is 0 Å². The highest BCUT2D eigenvalue weighted by atomic mass is 16.2. The van der Waals surface area contributed by atoms with Crippen molar-refractivity contribution in [2.24, 2.45) is 4.99 Å². The second-order valence-corrected chi connectivity index (χ2v) is 16.7. The van der Waals surface area contributed by atoms with Crippen molar-refractivity contribution < 1.29 is 9.28 Å². The van der Waals surface area contributed by atoms with Gasteiger partial charge in [0.05, 0.1) is 19.2 Å². The summed E-state index contributed by atoms with van der Waals surface area (Å²) in [6.07, 6.45) is 57.6. The maximum absolute atomic E-state index is 14.0. The molecule has 51 heavy (non-hydrogen) atoms. The third-order valence-corrected chi connectivity index (χ3v) is 11.8. The number of hydrogen-bond donors (Lipinski definition) is 0. The minimum absolute atomic E-state index is 0.420. The monoisotopic (exact) mass is 714 g/mol. The first-order valence-electron chi connectivity index (χ1n) is 23.9. The number of amides is 1. The van der Waals surface area contributed by atoms with Gasteiger partial charge in [0.25, 0.3) is 0 Å². The van der Waals surface area contributed by atoms with Crippen LogP contribution in [-0.2, 0) is 4.79 Å². The Kier molecular flexibility index (Phi) is 35.2. The minimum atomic E-state index is 0.420. The van der Waals surface area contributed by atoms with Crippen molar-refractivity contribution >= 4 is 11.7 Å². The zero-order valence-corrected chi connectivity index (χ0v) is 35.4. The lowest BCUT2D eigenvalue weighted by atomic mass is 10.0. The summed E-state index contributed by atoms with van der Waals surface area (Å²) in [5, 5.41) is 0. The van der Waals surface area contributed by atoms with Crippen LogP contribution in [0, 0.1) is 0 Å². The summed E-state index contributed by atoms with van der Waals surface area (Å²) in [6, 6.07) is 0. The number of rotatable bonds is 41. The fraction of sp³-hybridized carbons (Fsp3) is 0.917. The molecule has 0 radical (unpaired) electrons. The summed E-state index contributed by atoms with van der Waals surface area (Å²) >= 11 is 0. The molecule has 0 aliphatic carbocycles. The number of unbranched alkanes of at least 4 members (excludes halogenated alkanes) is 35. The zero-order valence-electron chi connectivity index (χ0n) is 35.4. The molecule has 0 aromatic rings. The van der Waals surface area contributed by atoms with Crippen LogP contribution in [0.15, 0.2) is 17.4 Å². The lowest BCUT2D eigenvalue weighted by Crippen LogP contribution is -2.52. The molecule has 0 saturated carbocycles. The van der Waals surface area contributed by atoms with Gasteiger partial charge in [0.1, 0.15) is 6.20 Å². The smallest absolute Gasteiger partial charge is 0.230 e. The molecule has 0 bridgehead atoms. The maximum atomic E-state index is 14.0. The molecule has 0 aromatic heterocycles. The Morgan fingerprint density at radius 1 is 0.412 bits per heavy atom. The van der Waals surface area contributed by atoms with Crippen molar-refractivity contribution in [3.8, 4) is 0 Å². The van der Waals surface area contributed by atoms with Crippen LogP contribution in [0.2, 0.25) is 0 Å². The highest BCUT2D eigenvalue weighted by Crippen LogP contribution is 2.27. The molecule has 0 aromatic carbocycles. The first-order valence-corrected chi connectivity index (χ1v) is 23.9. The van der Waals surface area contributed by atoms with E-state index in [2.05, 4.69) is 27.0 Å². The molecular formula is C48H93N2O+. The predicted octanol–water partition coefficient (Wildman–Crippen LogP) is 16.9. The third kappa shape index (κ3) is 27.3. The van der Waals surface area contributed by atoms with Crippen molar-refractivity contribution in [3.63, 3.8) is 0 Å². The lowest BCUT2D eigenvalue weighted by molar-refractivity contribution is -0.708. The second-order valence-electron chi connectivity index (χ2n) is 16.7. The summed E-state index contributed by atoms with van der Waals surface area (Å²) < 4.78 is 0.453. The summed E-state index contributed by atoms with van der Waals surface area (Å²) in [5.74, 6) is 1.57. The van der Waals surface area contributed by atoms with Crippen LogP contribution < -0.4 is 0 Å². The molecule has 0 N–H and O–H groups in total. The average Bonchev–Trinajstić information content (AvgIpc) is 3.56. The number of nitrogens with zero attached hydrogens (tertiary/aromatic N) is 2. The third-order valence-electron chi connectivity index (χ3n) is 11.8. The van der Waals surface area contributed by atoms with E-state index in [1.54, 1.807) is 0 Å². The van der Waals surface area contributed by atoms with Crippen LogP contribution in [0.25, 0.3) is 0 Å². The summed E-state index contributed by atoms with van der Waals surface area (Å²) in [5.41, 5.74) is 0. The summed E-state index contributed by atoms with van der Waals surface area (Å²) in [7, 11) is 0. The summed E-state index contributed by atoms with van der Waals surface area (Å²) in [6.45, 7) is 7.83. The molecular weight excluding hydrogens is 621 g/mol. The number of amidine groups is 1. The van der Waals surface area contributed by atoms with Gasteiger partial charge in [0.2, 0.25) is 5.84 Å². The van der Waals surface area contributed by atoms with E-state index in [0.29, 0.717) is 10.4 Å². The first-order chi connectivity index (χ1) is 25.2. The fourth-order valence-electron chi connectivity index (χ4n) is 8.24. The molecule has 1 heterocycles. The standard InChI is InChI=1S/C48H93N2O/c1-4-7-10-13-16-19-22-24-26-29-32-35-38-41-45-50(48(51)43-40-37-34-31-28-25-23-20-17-14-11-8-5-2)46-44-49-47(50)42-39-36-33-30-27-21-18-15-12-9-6-3/h44,46H,4-43,45H2,1-3H3/q+1. The van der Waals surface area contributed by atoms with E-state index in [4.69, 9.17) is 4.99 Å². The number of aliphatic imine (C=N–C) groups is 1. The molecule has 3 nitrogen and oxygen atoms in total. The van der Waals surface area contributed by atoms with Crippen molar-refractivity contribution in [3.05, 3.63) is 12.4 Å². The van der Waals surface area contributed by atoms with Gasteiger partial charge in [0, 0.05) is 6.42 Å². The van der Waals surface area contributed by atoms with Crippen molar-refractivity contribution in [2.45, 2.75) is 278 Å². The van der Waals surface area contributed by atoms with Gasteiger partial charge in [-0.2, -0.15) is 4.48 Å². The SMILES string of the molecule is CCCCCCCCCCCCCCCC[N+]1(C(=O)CCCCCCCCCCCCCCC)C=CN=C1CCCCCCCCCCCCC. The molecule has 0 fully saturated rings. The minimum Gasteiger partial charge on any atom is -0.230 e. The van der Waals surface area contributed by atoms with E-state index in [1.807, 2.05) is 6.20 Å². The molecule has 1 unspecified atom stereocenters. The van der Waals surface area contributed by atoms with E-state index in [9.17, 15) is 4.79 Å². The molecule has 1 aliphatic rings. The molecule has 1 rings (SSSR count). The fourth-order valence-corrected chi connectivity index (χ4v) is 8.24. The summed E-state index contributed by atoms with van der Waals surface area (Å²) in [4.78, 5) is 18.9. The lowest BCUT2D eigenvalue weighted by Gasteiger charge is -2.30.